The molecule has 0 bridgehead atoms. The van der Waals surface area contributed by atoms with Crippen LogP contribution in [0.15, 0.2) is 33.9 Å². The molecule has 158 valence electrons. The lowest BCUT2D eigenvalue weighted by molar-refractivity contribution is 0.372. The molecule has 0 amide bonds. The van der Waals surface area contributed by atoms with E-state index in [1.165, 1.54) is 12.8 Å². The lowest BCUT2D eigenvalue weighted by atomic mass is 9.99. The average Bonchev–Trinajstić information content (AvgIpc) is 3.21. The molecule has 1 aliphatic rings. The zero-order valence-electron chi connectivity index (χ0n) is 18.1. The Morgan fingerprint density at radius 3 is 2.69 bits per heavy atom. The highest BCUT2D eigenvalue weighted by Crippen LogP contribution is 2.21. The van der Waals surface area contributed by atoms with Crippen molar-refractivity contribution in [3.8, 4) is 0 Å². The monoisotopic (exact) mass is 398 g/mol. The maximum Gasteiger partial charge on any atom is 0.191 e. The molecule has 0 atom stereocenters. The van der Waals surface area contributed by atoms with Crippen molar-refractivity contribution in [3.05, 3.63) is 41.4 Å². The number of aliphatic imine (C=N–C) groups is 1. The highest BCUT2D eigenvalue weighted by Gasteiger charge is 2.16. The molecule has 3 heterocycles. The highest BCUT2D eigenvalue weighted by atomic mass is 16.5. The number of guanidine groups is 1. The second-order valence-electron chi connectivity index (χ2n) is 8.12. The van der Waals surface area contributed by atoms with E-state index in [4.69, 9.17) is 4.52 Å². The number of nitrogens with one attached hydrogen (secondary N) is 2. The molecule has 0 saturated carbocycles. The normalized spacial score (nSPS) is 15.8. The van der Waals surface area contributed by atoms with Crippen molar-refractivity contribution in [3.63, 3.8) is 0 Å². The van der Waals surface area contributed by atoms with Gasteiger partial charge in [-0.2, -0.15) is 0 Å². The van der Waals surface area contributed by atoms with Crippen LogP contribution in [0, 0.1) is 5.92 Å². The Morgan fingerprint density at radius 2 is 2.07 bits per heavy atom. The van der Waals surface area contributed by atoms with E-state index in [0.29, 0.717) is 19.0 Å². The SMILES string of the molecule is CCNC(=NCc1ccc(N2CCC(C)CC2)nc1)NCc1cc(C(C)C)no1. The second kappa shape index (κ2) is 10.3. The van der Waals surface area contributed by atoms with Gasteiger partial charge in [-0.05, 0) is 43.2 Å². The summed E-state index contributed by atoms with van der Waals surface area (Å²) in [7, 11) is 0. The maximum absolute atomic E-state index is 5.38. The Kier molecular flexibility index (Phi) is 7.49. The minimum absolute atomic E-state index is 0.359. The van der Waals surface area contributed by atoms with Crippen LogP contribution in [0.25, 0.3) is 0 Å². The molecule has 0 unspecified atom stereocenters. The summed E-state index contributed by atoms with van der Waals surface area (Å²) >= 11 is 0. The van der Waals surface area contributed by atoms with Crippen molar-refractivity contribution in [2.45, 2.75) is 59.5 Å². The third kappa shape index (κ3) is 6.21. The minimum Gasteiger partial charge on any atom is -0.359 e. The van der Waals surface area contributed by atoms with E-state index in [9.17, 15) is 0 Å². The molecule has 2 aromatic rings. The molecule has 0 aromatic carbocycles. The summed E-state index contributed by atoms with van der Waals surface area (Å²) in [6.45, 7) is 12.7. The van der Waals surface area contributed by atoms with Gasteiger partial charge in [-0.3, -0.25) is 0 Å². The molecule has 7 nitrogen and oxygen atoms in total. The number of anilines is 1. The van der Waals surface area contributed by atoms with Gasteiger partial charge in [-0.25, -0.2) is 9.98 Å². The Balaban J connectivity index is 1.54. The quantitative estimate of drug-likeness (QED) is 0.547. The van der Waals surface area contributed by atoms with Crippen LogP contribution in [0.3, 0.4) is 0 Å². The molecule has 29 heavy (non-hydrogen) atoms. The molecule has 1 fully saturated rings. The Morgan fingerprint density at radius 1 is 1.28 bits per heavy atom. The zero-order valence-corrected chi connectivity index (χ0v) is 18.1. The van der Waals surface area contributed by atoms with Crippen LogP contribution in [-0.4, -0.2) is 35.7 Å². The maximum atomic E-state index is 5.38. The fourth-order valence-electron chi connectivity index (χ4n) is 3.30. The summed E-state index contributed by atoms with van der Waals surface area (Å²) in [4.78, 5) is 11.7. The smallest absolute Gasteiger partial charge is 0.191 e. The fraction of sp³-hybridized carbons (Fsp3) is 0.591. The first-order chi connectivity index (χ1) is 14.0. The standard InChI is InChI=1S/C22H34N6O/c1-5-23-22(26-15-19-12-20(16(2)3)27-29-19)25-14-18-6-7-21(24-13-18)28-10-8-17(4)9-11-28/h6-7,12-13,16-17H,5,8-11,14-15H2,1-4H3,(H2,23,25,26). The largest absolute Gasteiger partial charge is 0.359 e. The van der Waals surface area contributed by atoms with Gasteiger partial charge in [0.1, 0.15) is 5.82 Å². The van der Waals surface area contributed by atoms with Gasteiger partial charge >= 0.3 is 0 Å². The van der Waals surface area contributed by atoms with Crippen LogP contribution in [0.2, 0.25) is 0 Å². The highest BCUT2D eigenvalue weighted by molar-refractivity contribution is 5.79. The molecule has 2 aromatic heterocycles. The van der Waals surface area contributed by atoms with Crippen LogP contribution in [-0.2, 0) is 13.1 Å². The summed E-state index contributed by atoms with van der Waals surface area (Å²) < 4.78 is 5.38. The van der Waals surface area contributed by atoms with Gasteiger partial charge in [0.25, 0.3) is 0 Å². The van der Waals surface area contributed by atoms with Crippen LogP contribution in [0.5, 0.6) is 0 Å². The predicted octanol–water partition coefficient (Wildman–Crippen LogP) is 3.68. The molecule has 2 N–H and O–H groups in total. The molecule has 7 heteroatoms. The molecular weight excluding hydrogens is 364 g/mol. The van der Waals surface area contributed by atoms with Gasteiger partial charge in [0, 0.05) is 31.9 Å². The summed E-state index contributed by atoms with van der Waals surface area (Å²) in [6, 6.07) is 6.23. The van der Waals surface area contributed by atoms with Gasteiger partial charge in [-0.15, -0.1) is 0 Å². The van der Waals surface area contributed by atoms with Crippen molar-refractivity contribution < 1.29 is 4.52 Å². The number of aromatic nitrogens is 2. The third-order valence-corrected chi connectivity index (χ3v) is 5.28. The molecule has 0 aliphatic carbocycles. The molecule has 3 rings (SSSR count). The number of pyridine rings is 1. The number of piperidine rings is 1. The lowest BCUT2D eigenvalue weighted by Crippen LogP contribution is -2.36. The second-order valence-corrected chi connectivity index (χ2v) is 8.12. The van der Waals surface area contributed by atoms with Crippen LogP contribution < -0.4 is 15.5 Å². The van der Waals surface area contributed by atoms with E-state index in [-0.39, 0.29) is 0 Å². The molecule has 0 spiro atoms. The minimum atomic E-state index is 0.359. The summed E-state index contributed by atoms with van der Waals surface area (Å²) in [5, 5.41) is 10.7. The lowest BCUT2D eigenvalue weighted by Gasteiger charge is -2.31. The van der Waals surface area contributed by atoms with Crippen molar-refractivity contribution in [1.82, 2.24) is 20.8 Å². The Bertz CT molecular complexity index is 775. The number of hydrogen-bond acceptors (Lipinski definition) is 5. The first-order valence-corrected chi connectivity index (χ1v) is 10.7. The summed E-state index contributed by atoms with van der Waals surface area (Å²) in [6.07, 6.45) is 4.43. The van der Waals surface area contributed by atoms with E-state index in [1.807, 2.05) is 12.3 Å². The average molecular weight is 399 g/mol. The van der Waals surface area contributed by atoms with Gasteiger partial charge in [0.05, 0.1) is 18.8 Å². The van der Waals surface area contributed by atoms with E-state index in [0.717, 1.165) is 54.3 Å². The van der Waals surface area contributed by atoms with E-state index >= 15 is 0 Å². The van der Waals surface area contributed by atoms with Crippen LogP contribution in [0.1, 0.15) is 63.5 Å². The number of nitrogens with zero attached hydrogens (tertiary/aromatic N) is 4. The van der Waals surface area contributed by atoms with Gasteiger partial charge in [0.15, 0.2) is 11.7 Å². The van der Waals surface area contributed by atoms with Crippen LogP contribution >= 0.6 is 0 Å². The molecular formula is C22H34N6O. The third-order valence-electron chi connectivity index (χ3n) is 5.28. The summed E-state index contributed by atoms with van der Waals surface area (Å²) in [5.41, 5.74) is 2.07. The van der Waals surface area contributed by atoms with Gasteiger partial charge in [-0.1, -0.05) is 32.0 Å². The van der Waals surface area contributed by atoms with Gasteiger partial charge in [0.2, 0.25) is 0 Å². The molecule has 1 aliphatic heterocycles. The predicted molar refractivity (Wildman–Crippen MR) is 117 cm³/mol. The Hall–Kier alpha value is -2.57. The zero-order chi connectivity index (χ0) is 20.6. The van der Waals surface area contributed by atoms with Crippen LogP contribution in [0.4, 0.5) is 5.82 Å². The van der Waals surface area contributed by atoms with E-state index in [2.05, 4.69) is 70.5 Å². The first-order valence-electron chi connectivity index (χ1n) is 10.7. The molecule has 0 radical (unpaired) electrons. The fourth-order valence-corrected chi connectivity index (χ4v) is 3.30. The number of hydrogen-bond donors (Lipinski definition) is 2. The van der Waals surface area contributed by atoms with Gasteiger partial charge < -0.3 is 20.1 Å². The Labute approximate surface area is 174 Å². The van der Waals surface area contributed by atoms with Crippen molar-refractivity contribution in [1.29, 1.82) is 0 Å². The van der Waals surface area contributed by atoms with Crippen molar-refractivity contribution in [2.75, 3.05) is 24.5 Å². The topological polar surface area (TPSA) is 78.6 Å². The molecule has 1 saturated heterocycles. The summed E-state index contributed by atoms with van der Waals surface area (Å²) in [5.74, 6) is 3.81. The van der Waals surface area contributed by atoms with E-state index in [1.54, 1.807) is 0 Å². The number of rotatable bonds is 7. The van der Waals surface area contributed by atoms with Crippen molar-refractivity contribution >= 4 is 11.8 Å². The van der Waals surface area contributed by atoms with Crippen molar-refractivity contribution in [2.24, 2.45) is 10.9 Å². The van der Waals surface area contributed by atoms with E-state index < -0.39 is 0 Å². The first kappa shape index (κ1) is 21.1.